The Balaban J connectivity index is 1.69. The summed E-state index contributed by atoms with van der Waals surface area (Å²) in [6.07, 6.45) is 0.421. The average molecular weight is 432 g/mol. The van der Waals surface area contributed by atoms with Crippen LogP contribution in [0.2, 0.25) is 0 Å². The summed E-state index contributed by atoms with van der Waals surface area (Å²) < 4.78 is 0. The van der Waals surface area contributed by atoms with Crippen molar-refractivity contribution in [3.05, 3.63) is 75.5 Å². The van der Waals surface area contributed by atoms with Crippen LogP contribution < -0.4 is 0 Å². The van der Waals surface area contributed by atoms with Gasteiger partial charge in [0.05, 0.1) is 17.5 Å². The van der Waals surface area contributed by atoms with E-state index in [1.807, 2.05) is 38.1 Å². The van der Waals surface area contributed by atoms with E-state index in [-0.39, 0.29) is 30.0 Å². The molecular weight excluding hydrogens is 408 g/mol. The number of piperazine rings is 1. The molecule has 0 spiro atoms. The molecule has 2 atom stereocenters. The van der Waals surface area contributed by atoms with Gasteiger partial charge in [0, 0.05) is 41.7 Å². The van der Waals surface area contributed by atoms with Gasteiger partial charge in [0.25, 0.3) is 5.69 Å². The molecule has 1 N–H and O–H groups in total. The lowest BCUT2D eigenvalue weighted by atomic mass is 9.86. The maximum Gasteiger partial charge on any atom is 0.269 e. The predicted octanol–water partition coefficient (Wildman–Crippen LogP) is 3.42. The van der Waals surface area contributed by atoms with E-state index in [9.17, 15) is 19.7 Å². The minimum atomic E-state index is -0.633. The molecule has 0 unspecified atom stereocenters. The van der Waals surface area contributed by atoms with Crippen LogP contribution in [0.3, 0.4) is 0 Å². The largest absolute Gasteiger partial charge is 0.356 e. The normalized spacial score (nSPS) is 20.6. The van der Waals surface area contributed by atoms with Gasteiger partial charge in [-0.15, -0.1) is 0 Å². The van der Waals surface area contributed by atoms with Gasteiger partial charge in [0.1, 0.15) is 6.04 Å². The summed E-state index contributed by atoms with van der Waals surface area (Å²) in [6, 6.07) is 13.0. The summed E-state index contributed by atoms with van der Waals surface area (Å²) in [6.45, 7) is 4.59. The summed E-state index contributed by atoms with van der Waals surface area (Å²) in [4.78, 5) is 44.6. The van der Waals surface area contributed by atoms with E-state index < -0.39 is 17.0 Å². The predicted molar refractivity (Wildman–Crippen MR) is 119 cm³/mol. The number of para-hydroxylation sites is 1. The number of rotatable bonds is 4. The molecule has 3 aromatic rings. The van der Waals surface area contributed by atoms with Crippen molar-refractivity contribution in [3.63, 3.8) is 0 Å². The number of nitrogens with zero attached hydrogens (tertiary/aromatic N) is 3. The highest BCUT2D eigenvalue weighted by atomic mass is 16.6. The van der Waals surface area contributed by atoms with E-state index in [1.54, 1.807) is 21.9 Å². The Morgan fingerprint density at radius 2 is 1.94 bits per heavy atom. The van der Waals surface area contributed by atoms with E-state index in [0.717, 1.165) is 22.2 Å². The summed E-state index contributed by atoms with van der Waals surface area (Å²) in [5, 5.41) is 12.4. The molecule has 32 heavy (non-hydrogen) atoms. The molecule has 0 radical (unpaired) electrons. The molecule has 1 aromatic heterocycles. The maximum absolute atomic E-state index is 13.5. The van der Waals surface area contributed by atoms with Gasteiger partial charge in [-0.05, 0) is 23.1 Å². The molecule has 5 rings (SSSR count). The number of aromatic amines is 1. The Morgan fingerprint density at radius 3 is 2.69 bits per heavy atom. The summed E-state index contributed by atoms with van der Waals surface area (Å²) in [5.74, 6) is 0.0406. The SMILES string of the molecule is CC(C)CN1CC(=O)N2[C@H](c3cccc([N+](=O)[O-])c3)c3[nH]c4ccccc4c3C[C@H]2C1=O. The zero-order valence-electron chi connectivity index (χ0n) is 17.9. The van der Waals surface area contributed by atoms with Crippen molar-refractivity contribution in [2.75, 3.05) is 13.1 Å². The lowest BCUT2D eigenvalue weighted by molar-refractivity contribution is -0.384. The zero-order chi connectivity index (χ0) is 22.6. The van der Waals surface area contributed by atoms with Gasteiger partial charge in [-0.2, -0.15) is 0 Å². The molecule has 0 bridgehead atoms. The third-order valence-corrected chi connectivity index (χ3v) is 6.32. The van der Waals surface area contributed by atoms with E-state index in [1.165, 1.54) is 12.1 Å². The van der Waals surface area contributed by atoms with Crippen LogP contribution in [-0.2, 0) is 16.0 Å². The number of benzene rings is 2. The van der Waals surface area contributed by atoms with Crippen molar-refractivity contribution < 1.29 is 14.5 Å². The molecule has 2 aliphatic rings. The van der Waals surface area contributed by atoms with Crippen molar-refractivity contribution in [3.8, 4) is 0 Å². The van der Waals surface area contributed by atoms with Gasteiger partial charge >= 0.3 is 0 Å². The topological polar surface area (TPSA) is 99.5 Å². The monoisotopic (exact) mass is 432 g/mol. The fraction of sp³-hybridized carbons (Fsp3) is 0.333. The first kappa shape index (κ1) is 20.2. The van der Waals surface area contributed by atoms with Gasteiger partial charge in [-0.1, -0.05) is 44.2 Å². The van der Waals surface area contributed by atoms with E-state index in [4.69, 9.17) is 0 Å². The fourth-order valence-corrected chi connectivity index (χ4v) is 5.07. The Morgan fingerprint density at radius 1 is 1.16 bits per heavy atom. The number of carbonyl (C=O) groups excluding carboxylic acids is 2. The minimum absolute atomic E-state index is 0.0223. The van der Waals surface area contributed by atoms with E-state index in [2.05, 4.69) is 4.98 Å². The van der Waals surface area contributed by atoms with Gasteiger partial charge < -0.3 is 14.8 Å². The van der Waals surface area contributed by atoms with Crippen LogP contribution in [-0.4, -0.2) is 50.7 Å². The number of amides is 2. The molecule has 2 aliphatic heterocycles. The Hall–Kier alpha value is -3.68. The van der Waals surface area contributed by atoms with Gasteiger partial charge in [0.15, 0.2) is 0 Å². The first-order valence-electron chi connectivity index (χ1n) is 10.8. The number of hydrogen-bond donors (Lipinski definition) is 1. The molecule has 8 heteroatoms. The molecule has 0 saturated carbocycles. The van der Waals surface area contributed by atoms with Gasteiger partial charge in [0.2, 0.25) is 11.8 Å². The Labute approximate surface area is 185 Å². The van der Waals surface area contributed by atoms with Crippen LogP contribution in [0.25, 0.3) is 10.9 Å². The highest BCUT2D eigenvalue weighted by molar-refractivity contribution is 5.97. The summed E-state index contributed by atoms with van der Waals surface area (Å²) >= 11 is 0. The molecule has 2 amide bonds. The number of carbonyl (C=O) groups is 2. The van der Waals surface area contributed by atoms with Gasteiger partial charge in [-0.25, -0.2) is 0 Å². The quantitative estimate of drug-likeness (QED) is 0.504. The molecule has 1 fully saturated rings. The second kappa shape index (κ2) is 7.47. The third kappa shape index (κ3) is 3.14. The van der Waals surface area contributed by atoms with Crippen LogP contribution in [0, 0.1) is 16.0 Å². The van der Waals surface area contributed by atoms with Crippen molar-refractivity contribution in [2.24, 2.45) is 5.92 Å². The van der Waals surface area contributed by atoms with Crippen LogP contribution in [0.1, 0.15) is 36.7 Å². The highest BCUT2D eigenvalue weighted by Crippen LogP contribution is 2.43. The number of nitro groups is 1. The number of H-pyrrole nitrogens is 1. The van der Waals surface area contributed by atoms with Crippen molar-refractivity contribution in [2.45, 2.75) is 32.4 Å². The lowest BCUT2D eigenvalue weighted by Gasteiger charge is -2.47. The number of non-ortho nitro benzene ring substituents is 1. The number of nitro benzene ring substituents is 1. The fourth-order valence-electron chi connectivity index (χ4n) is 5.07. The van der Waals surface area contributed by atoms with Crippen LogP contribution in [0.4, 0.5) is 5.69 Å². The lowest BCUT2D eigenvalue weighted by Crippen LogP contribution is -2.63. The number of nitrogens with one attached hydrogen (secondary N) is 1. The van der Waals surface area contributed by atoms with E-state index >= 15 is 0 Å². The number of fused-ring (bicyclic) bond motifs is 4. The number of hydrogen-bond acceptors (Lipinski definition) is 4. The zero-order valence-corrected chi connectivity index (χ0v) is 17.9. The third-order valence-electron chi connectivity index (χ3n) is 6.32. The summed E-state index contributed by atoms with van der Waals surface area (Å²) in [5.41, 5.74) is 3.31. The Kier molecular flexibility index (Phi) is 4.73. The standard InChI is InChI=1S/C24H24N4O4/c1-14(2)12-26-13-21(29)27-20(24(26)30)11-18-17-8-3-4-9-19(17)25-22(18)23(27)15-6-5-7-16(10-15)28(31)32/h3-10,14,20,23,25H,11-13H2,1-2H3/t20-,23+/m0/s1. The molecule has 3 heterocycles. The Bertz CT molecular complexity index is 1250. The molecular formula is C24H24N4O4. The molecule has 8 nitrogen and oxygen atoms in total. The molecule has 0 aliphatic carbocycles. The van der Waals surface area contributed by atoms with Crippen LogP contribution >= 0.6 is 0 Å². The first-order chi connectivity index (χ1) is 15.3. The van der Waals surface area contributed by atoms with E-state index in [0.29, 0.717) is 18.5 Å². The first-order valence-corrected chi connectivity index (χ1v) is 10.8. The van der Waals surface area contributed by atoms with Crippen LogP contribution in [0.15, 0.2) is 48.5 Å². The molecule has 2 aromatic carbocycles. The average Bonchev–Trinajstić information content (AvgIpc) is 3.14. The maximum atomic E-state index is 13.5. The molecule has 1 saturated heterocycles. The number of aromatic nitrogens is 1. The van der Waals surface area contributed by atoms with Gasteiger partial charge in [-0.3, -0.25) is 19.7 Å². The minimum Gasteiger partial charge on any atom is -0.356 e. The second-order valence-corrected chi connectivity index (χ2v) is 8.95. The molecule has 164 valence electrons. The van der Waals surface area contributed by atoms with Crippen molar-refractivity contribution in [1.29, 1.82) is 0 Å². The summed E-state index contributed by atoms with van der Waals surface area (Å²) in [7, 11) is 0. The smallest absolute Gasteiger partial charge is 0.269 e. The van der Waals surface area contributed by atoms with Crippen molar-refractivity contribution in [1.82, 2.24) is 14.8 Å². The van der Waals surface area contributed by atoms with Crippen LogP contribution in [0.5, 0.6) is 0 Å². The second-order valence-electron chi connectivity index (χ2n) is 8.95. The van der Waals surface area contributed by atoms with Crippen molar-refractivity contribution >= 4 is 28.4 Å². The highest BCUT2D eigenvalue weighted by Gasteiger charge is 2.48.